The lowest BCUT2D eigenvalue weighted by Crippen LogP contribution is -2.39. The highest BCUT2D eigenvalue weighted by Crippen LogP contribution is 2.39. The molecule has 1 saturated heterocycles. The Balaban J connectivity index is 1.95. The molecular formula is C17H32O3. The van der Waals surface area contributed by atoms with Gasteiger partial charge in [-0.05, 0) is 19.3 Å². The van der Waals surface area contributed by atoms with Crippen LogP contribution in [0.3, 0.4) is 0 Å². The van der Waals surface area contributed by atoms with Gasteiger partial charge in [0.25, 0.3) is 0 Å². The molecule has 0 amide bonds. The normalized spacial score (nSPS) is 26.2. The number of aliphatic hydroxyl groups is 1. The van der Waals surface area contributed by atoms with E-state index in [4.69, 9.17) is 14.6 Å². The molecule has 1 aliphatic carbocycles. The number of ether oxygens (including phenoxy) is 2. The van der Waals surface area contributed by atoms with Crippen molar-refractivity contribution in [2.24, 2.45) is 5.92 Å². The summed E-state index contributed by atoms with van der Waals surface area (Å²) in [5, 5.41) is 9.15. The van der Waals surface area contributed by atoms with Crippen LogP contribution in [-0.2, 0) is 9.47 Å². The third kappa shape index (κ3) is 4.71. The van der Waals surface area contributed by atoms with E-state index in [1.165, 1.54) is 64.2 Å². The molecular weight excluding hydrogens is 252 g/mol. The first kappa shape index (κ1) is 16.3. The van der Waals surface area contributed by atoms with Crippen molar-refractivity contribution in [3.63, 3.8) is 0 Å². The quantitative estimate of drug-likeness (QED) is 0.847. The summed E-state index contributed by atoms with van der Waals surface area (Å²) in [7, 11) is 0. The highest BCUT2D eigenvalue weighted by Gasteiger charge is 2.42. The lowest BCUT2D eigenvalue weighted by Gasteiger charge is -2.36. The van der Waals surface area contributed by atoms with Gasteiger partial charge in [0.2, 0.25) is 0 Å². The van der Waals surface area contributed by atoms with Crippen LogP contribution in [0.4, 0.5) is 0 Å². The fraction of sp³-hybridized carbons (Fsp3) is 1.00. The second kappa shape index (κ2) is 9.01. The molecule has 2 aliphatic rings. The Morgan fingerprint density at radius 3 is 1.80 bits per heavy atom. The Labute approximate surface area is 124 Å². The third-order valence-corrected chi connectivity index (χ3v) is 4.94. The Morgan fingerprint density at radius 1 is 0.800 bits per heavy atom. The Bertz CT molecular complexity index is 237. The van der Waals surface area contributed by atoms with E-state index in [2.05, 4.69) is 0 Å². The van der Waals surface area contributed by atoms with Crippen molar-refractivity contribution < 1.29 is 14.6 Å². The molecule has 1 aliphatic heterocycles. The molecule has 1 N–H and O–H groups in total. The maximum Gasteiger partial charge on any atom is 0.171 e. The van der Waals surface area contributed by atoms with Gasteiger partial charge in [0.15, 0.2) is 5.79 Å². The molecule has 2 fully saturated rings. The fourth-order valence-corrected chi connectivity index (χ4v) is 3.81. The number of aliphatic hydroxyl groups excluding tert-OH is 1. The maximum atomic E-state index is 9.15. The van der Waals surface area contributed by atoms with E-state index in [1.807, 2.05) is 0 Å². The summed E-state index contributed by atoms with van der Waals surface area (Å²) in [4.78, 5) is 0. The van der Waals surface area contributed by atoms with E-state index >= 15 is 0 Å². The van der Waals surface area contributed by atoms with E-state index in [0.717, 1.165) is 26.1 Å². The van der Waals surface area contributed by atoms with E-state index in [1.54, 1.807) is 0 Å². The number of hydrogen-bond donors (Lipinski definition) is 1. The molecule has 118 valence electrons. The summed E-state index contributed by atoms with van der Waals surface area (Å²) in [6.45, 7) is 1.69. The van der Waals surface area contributed by atoms with Gasteiger partial charge in [0.05, 0.1) is 13.2 Å². The molecule has 0 aromatic heterocycles. The topological polar surface area (TPSA) is 38.7 Å². The number of hydrogen-bond acceptors (Lipinski definition) is 3. The van der Waals surface area contributed by atoms with Gasteiger partial charge in [-0.25, -0.2) is 0 Å². The first-order chi connectivity index (χ1) is 9.87. The molecule has 1 heterocycles. The van der Waals surface area contributed by atoms with Gasteiger partial charge in [0, 0.05) is 18.9 Å². The zero-order chi connectivity index (χ0) is 14.1. The largest absolute Gasteiger partial charge is 0.396 e. The van der Waals surface area contributed by atoms with Crippen LogP contribution in [0, 0.1) is 5.92 Å². The van der Waals surface area contributed by atoms with Gasteiger partial charge < -0.3 is 14.6 Å². The first-order valence-corrected chi connectivity index (χ1v) is 8.76. The lowest BCUT2D eigenvalue weighted by atomic mass is 9.85. The minimum atomic E-state index is -0.378. The van der Waals surface area contributed by atoms with Gasteiger partial charge in [-0.1, -0.05) is 51.4 Å². The standard InChI is InChI=1S/C17H32O3/c18-13-9-12-17(19-14-15-20-17)16-10-7-5-3-1-2-4-6-8-11-16/h16,18H,1-15H2. The van der Waals surface area contributed by atoms with Crippen LogP contribution in [-0.4, -0.2) is 30.7 Å². The molecule has 1 saturated carbocycles. The molecule has 2 rings (SSSR count). The van der Waals surface area contributed by atoms with Gasteiger partial charge in [-0.2, -0.15) is 0 Å². The van der Waals surface area contributed by atoms with Crippen LogP contribution in [0.2, 0.25) is 0 Å². The summed E-state index contributed by atoms with van der Waals surface area (Å²) >= 11 is 0. The van der Waals surface area contributed by atoms with Crippen LogP contribution in [0.1, 0.15) is 77.0 Å². The SMILES string of the molecule is OCCCC1(C2CCCCCCCCCC2)OCCO1. The van der Waals surface area contributed by atoms with Crippen LogP contribution >= 0.6 is 0 Å². The maximum absolute atomic E-state index is 9.15. The zero-order valence-electron chi connectivity index (χ0n) is 12.9. The highest BCUT2D eigenvalue weighted by atomic mass is 16.7. The average molecular weight is 284 g/mol. The zero-order valence-corrected chi connectivity index (χ0v) is 12.9. The smallest absolute Gasteiger partial charge is 0.171 e. The van der Waals surface area contributed by atoms with Gasteiger partial charge >= 0.3 is 0 Å². The second-order valence-electron chi connectivity index (χ2n) is 6.44. The molecule has 0 bridgehead atoms. The van der Waals surface area contributed by atoms with Crippen molar-refractivity contribution in [2.75, 3.05) is 19.8 Å². The third-order valence-electron chi connectivity index (χ3n) is 4.94. The average Bonchev–Trinajstić information content (AvgIpc) is 2.91. The first-order valence-electron chi connectivity index (χ1n) is 8.76. The fourth-order valence-electron chi connectivity index (χ4n) is 3.81. The Hall–Kier alpha value is -0.120. The molecule has 0 radical (unpaired) electrons. The summed E-state index contributed by atoms with van der Waals surface area (Å²) in [6.07, 6.45) is 15.0. The monoisotopic (exact) mass is 284 g/mol. The van der Waals surface area contributed by atoms with Crippen molar-refractivity contribution in [1.29, 1.82) is 0 Å². The summed E-state index contributed by atoms with van der Waals surface area (Å²) < 4.78 is 12.1. The molecule has 3 nitrogen and oxygen atoms in total. The Kier molecular flexibility index (Phi) is 7.32. The molecule has 0 spiro atoms. The molecule has 0 aromatic carbocycles. The van der Waals surface area contributed by atoms with Crippen LogP contribution in [0.15, 0.2) is 0 Å². The summed E-state index contributed by atoms with van der Waals surface area (Å²) in [6, 6.07) is 0. The minimum Gasteiger partial charge on any atom is -0.396 e. The summed E-state index contributed by atoms with van der Waals surface area (Å²) in [5.41, 5.74) is 0. The molecule has 0 atom stereocenters. The summed E-state index contributed by atoms with van der Waals surface area (Å²) in [5.74, 6) is 0.145. The molecule has 20 heavy (non-hydrogen) atoms. The van der Waals surface area contributed by atoms with Crippen molar-refractivity contribution in [1.82, 2.24) is 0 Å². The van der Waals surface area contributed by atoms with E-state index in [0.29, 0.717) is 5.92 Å². The predicted molar refractivity (Wildman–Crippen MR) is 80.6 cm³/mol. The van der Waals surface area contributed by atoms with Gasteiger partial charge in [0.1, 0.15) is 0 Å². The molecule has 0 unspecified atom stereocenters. The van der Waals surface area contributed by atoms with Crippen LogP contribution < -0.4 is 0 Å². The van der Waals surface area contributed by atoms with Crippen molar-refractivity contribution in [2.45, 2.75) is 82.8 Å². The minimum absolute atomic E-state index is 0.237. The van der Waals surface area contributed by atoms with E-state index in [9.17, 15) is 0 Å². The van der Waals surface area contributed by atoms with Gasteiger partial charge in [-0.15, -0.1) is 0 Å². The van der Waals surface area contributed by atoms with E-state index < -0.39 is 0 Å². The molecule has 0 aromatic rings. The van der Waals surface area contributed by atoms with Crippen molar-refractivity contribution >= 4 is 0 Å². The predicted octanol–water partition coefficient (Wildman–Crippen LogP) is 4.03. The van der Waals surface area contributed by atoms with Gasteiger partial charge in [-0.3, -0.25) is 0 Å². The highest BCUT2D eigenvalue weighted by molar-refractivity contribution is 4.83. The lowest BCUT2D eigenvalue weighted by molar-refractivity contribution is -0.205. The molecule has 3 heteroatoms. The Morgan fingerprint density at radius 2 is 1.30 bits per heavy atom. The van der Waals surface area contributed by atoms with Crippen LogP contribution in [0.5, 0.6) is 0 Å². The van der Waals surface area contributed by atoms with Crippen LogP contribution in [0.25, 0.3) is 0 Å². The van der Waals surface area contributed by atoms with Crippen molar-refractivity contribution in [3.8, 4) is 0 Å². The van der Waals surface area contributed by atoms with Crippen molar-refractivity contribution in [3.05, 3.63) is 0 Å². The second-order valence-corrected chi connectivity index (χ2v) is 6.44. The number of rotatable bonds is 4. The van der Waals surface area contributed by atoms with E-state index in [-0.39, 0.29) is 12.4 Å².